The van der Waals surface area contributed by atoms with Crippen LogP contribution in [0, 0.1) is 0 Å². The summed E-state index contributed by atoms with van der Waals surface area (Å²) >= 11 is 3.32. The number of carbonyl (C=O) groups is 2. The van der Waals surface area contributed by atoms with Gasteiger partial charge in [0.1, 0.15) is 6.61 Å². The summed E-state index contributed by atoms with van der Waals surface area (Å²) in [6, 6.07) is 7.20. The number of carbonyl (C=O) groups excluding carboxylic acids is 2. The molecule has 2 rings (SSSR count). The highest BCUT2D eigenvalue weighted by Crippen LogP contribution is 2.15. The zero-order valence-corrected chi connectivity index (χ0v) is 11.3. The summed E-state index contributed by atoms with van der Waals surface area (Å²) in [5.41, 5.74) is 0.585. The van der Waals surface area contributed by atoms with Crippen LogP contribution in [0.15, 0.2) is 28.7 Å². The number of cyclic esters (lactones) is 1. The largest absolute Gasteiger partial charge is 0.448 e. The normalized spacial score (nSPS) is 14.5. The van der Waals surface area contributed by atoms with Crippen molar-refractivity contribution in [1.82, 2.24) is 10.2 Å². The van der Waals surface area contributed by atoms with Gasteiger partial charge >= 0.3 is 6.09 Å². The van der Waals surface area contributed by atoms with Gasteiger partial charge in [-0.2, -0.15) is 0 Å². The summed E-state index contributed by atoms with van der Waals surface area (Å²) in [7, 11) is 0. The number of hydrogen-bond donors (Lipinski definition) is 1. The van der Waals surface area contributed by atoms with E-state index in [-0.39, 0.29) is 12.0 Å². The third-order valence-corrected chi connectivity index (χ3v) is 3.32. The van der Waals surface area contributed by atoms with E-state index in [4.69, 9.17) is 4.74 Å². The van der Waals surface area contributed by atoms with Crippen LogP contribution >= 0.6 is 15.9 Å². The fourth-order valence-corrected chi connectivity index (χ4v) is 2.14. The van der Waals surface area contributed by atoms with Crippen LogP contribution in [0.3, 0.4) is 0 Å². The molecule has 18 heavy (non-hydrogen) atoms. The minimum absolute atomic E-state index is 0.157. The lowest BCUT2D eigenvalue weighted by molar-refractivity contribution is 0.0948. The molecule has 0 aliphatic carbocycles. The molecule has 96 valence electrons. The van der Waals surface area contributed by atoms with Crippen LogP contribution in [0.25, 0.3) is 0 Å². The van der Waals surface area contributed by atoms with Crippen molar-refractivity contribution in [1.29, 1.82) is 0 Å². The zero-order chi connectivity index (χ0) is 13.0. The topological polar surface area (TPSA) is 58.6 Å². The number of ether oxygens (including phenoxy) is 1. The molecular weight excluding hydrogens is 300 g/mol. The molecular formula is C12H13BrN2O3. The van der Waals surface area contributed by atoms with E-state index in [1.54, 1.807) is 17.0 Å². The first-order valence-corrected chi connectivity index (χ1v) is 6.42. The van der Waals surface area contributed by atoms with E-state index in [9.17, 15) is 9.59 Å². The maximum absolute atomic E-state index is 11.8. The molecule has 0 saturated carbocycles. The number of hydrogen-bond acceptors (Lipinski definition) is 3. The van der Waals surface area contributed by atoms with E-state index in [0.717, 1.165) is 4.47 Å². The van der Waals surface area contributed by atoms with Crippen molar-refractivity contribution >= 4 is 27.9 Å². The first-order valence-electron chi connectivity index (χ1n) is 5.63. The second-order valence-corrected chi connectivity index (χ2v) is 4.69. The third-order valence-electron chi connectivity index (χ3n) is 2.63. The average Bonchev–Trinajstić information content (AvgIpc) is 2.75. The van der Waals surface area contributed by atoms with E-state index >= 15 is 0 Å². The molecule has 1 fully saturated rings. The predicted octanol–water partition coefficient (Wildman–Crippen LogP) is 1.63. The molecule has 1 N–H and O–H groups in total. The Hall–Kier alpha value is -1.56. The lowest BCUT2D eigenvalue weighted by Gasteiger charge is -2.13. The van der Waals surface area contributed by atoms with E-state index in [2.05, 4.69) is 21.2 Å². The number of nitrogens with zero attached hydrogens (tertiary/aromatic N) is 1. The fraction of sp³-hybridized carbons (Fsp3) is 0.333. The van der Waals surface area contributed by atoms with E-state index in [1.165, 1.54) is 0 Å². The first kappa shape index (κ1) is 12.9. The van der Waals surface area contributed by atoms with Crippen molar-refractivity contribution in [2.24, 2.45) is 0 Å². The number of rotatable bonds is 4. The van der Waals surface area contributed by atoms with Crippen molar-refractivity contribution in [3.05, 3.63) is 34.3 Å². The van der Waals surface area contributed by atoms with Crippen LogP contribution in [0.5, 0.6) is 0 Å². The Labute approximate surface area is 113 Å². The molecule has 1 aliphatic rings. The molecule has 1 heterocycles. The molecule has 1 aliphatic heterocycles. The standard InChI is InChI=1S/C12H13BrN2O3/c13-10-4-2-1-3-9(10)11(16)14-5-6-15-7-8-18-12(15)17/h1-4H,5-8H2,(H,14,16). The molecule has 0 aromatic heterocycles. The zero-order valence-electron chi connectivity index (χ0n) is 9.69. The second-order valence-electron chi connectivity index (χ2n) is 3.84. The molecule has 0 atom stereocenters. The van der Waals surface area contributed by atoms with Crippen molar-refractivity contribution in [2.75, 3.05) is 26.2 Å². The van der Waals surface area contributed by atoms with E-state index in [0.29, 0.717) is 31.8 Å². The number of amides is 2. The maximum Gasteiger partial charge on any atom is 0.409 e. The van der Waals surface area contributed by atoms with Crippen molar-refractivity contribution < 1.29 is 14.3 Å². The Morgan fingerprint density at radius 2 is 2.22 bits per heavy atom. The molecule has 6 heteroatoms. The Balaban J connectivity index is 1.82. The van der Waals surface area contributed by atoms with Gasteiger partial charge in [0.25, 0.3) is 5.91 Å². The molecule has 1 saturated heterocycles. The highest BCUT2D eigenvalue weighted by Gasteiger charge is 2.21. The smallest absolute Gasteiger partial charge is 0.409 e. The van der Waals surface area contributed by atoms with Gasteiger partial charge in [-0.3, -0.25) is 4.79 Å². The van der Waals surface area contributed by atoms with Crippen LogP contribution in [0.1, 0.15) is 10.4 Å². The maximum atomic E-state index is 11.8. The molecule has 0 radical (unpaired) electrons. The first-order chi connectivity index (χ1) is 8.68. The highest BCUT2D eigenvalue weighted by molar-refractivity contribution is 9.10. The molecule has 0 bridgehead atoms. The lowest BCUT2D eigenvalue weighted by atomic mass is 10.2. The molecule has 0 unspecified atom stereocenters. The Bertz CT molecular complexity index is 464. The number of halogens is 1. The van der Waals surface area contributed by atoms with Gasteiger partial charge in [-0.1, -0.05) is 12.1 Å². The van der Waals surface area contributed by atoms with E-state index in [1.807, 2.05) is 12.1 Å². The summed E-state index contributed by atoms with van der Waals surface area (Å²) in [5, 5.41) is 2.77. The van der Waals surface area contributed by atoms with Crippen molar-refractivity contribution in [3.63, 3.8) is 0 Å². The molecule has 1 aromatic carbocycles. The summed E-state index contributed by atoms with van der Waals surface area (Å²) in [4.78, 5) is 24.6. The van der Waals surface area contributed by atoms with Crippen LogP contribution in [0.2, 0.25) is 0 Å². The van der Waals surface area contributed by atoms with Crippen LogP contribution in [-0.2, 0) is 4.74 Å². The average molecular weight is 313 g/mol. The summed E-state index contributed by atoms with van der Waals surface area (Å²) < 4.78 is 5.55. The van der Waals surface area contributed by atoms with Crippen LogP contribution < -0.4 is 5.32 Å². The molecule has 2 amide bonds. The number of nitrogens with one attached hydrogen (secondary N) is 1. The third kappa shape index (κ3) is 3.01. The predicted molar refractivity (Wildman–Crippen MR) is 69.4 cm³/mol. The van der Waals surface area contributed by atoms with Gasteiger partial charge in [0, 0.05) is 17.6 Å². The van der Waals surface area contributed by atoms with Gasteiger partial charge in [-0.25, -0.2) is 4.79 Å². The fourth-order valence-electron chi connectivity index (χ4n) is 1.67. The Morgan fingerprint density at radius 3 is 2.89 bits per heavy atom. The SMILES string of the molecule is O=C(NCCN1CCOC1=O)c1ccccc1Br. The molecule has 1 aromatic rings. The van der Waals surface area contributed by atoms with Gasteiger partial charge < -0.3 is 15.0 Å². The minimum atomic E-state index is -0.315. The van der Waals surface area contributed by atoms with Crippen molar-refractivity contribution in [2.45, 2.75) is 0 Å². The summed E-state index contributed by atoms with van der Waals surface area (Å²) in [6.45, 7) is 1.89. The lowest BCUT2D eigenvalue weighted by Crippen LogP contribution is -2.35. The quantitative estimate of drug-likeness (QED) is 0.919. The van der Waals surface area contributed by atoms with Gasteiger partial charge in [0.05, 0.1) is 12.1 Å². The van der Waals surface area contributed by atoms with Gasteiger partial charge in [-0.05, 0) is 28.1 Å². The summed E-state index contributed by atoms with van der Waals surface area (Å²) in [5.74, 6) is -0.157. The van der Waals surface area contributed by atoms with Gasteiger partial charge in [-0.15, -0.1) is 0 Å². The minimum Gasteiger partial charge on any atom is -0.448 e. The highest BCUT2D eigenvalue weighted by atomic mass is 79.9. The molecule has 0 spiro atoms. The summed E-state index contributed by atoms with van der Waals surface area (Å²) in [6.07, 6.45) is -0.315. The second kappa shape index (κ2) is 5.86. The van der Waals surface area contributed by atoms with Crippen molar-refractivity contribution in [3.8, 4) is 0 Å². The van der Waals surface area contributed by atoms with Crippen LogP contribution in [-0.4, -0.2) is 43.1 Å². The van der Waals surface area contributed by atoms with E-state index < -0.39 is 0 Å². The Kier molecular flexibility index (Phi) is 4.19. The number of benzene rings is 1. The molecule has 5 nitrogen and oxygen atoms in total. The van der Waals surface area contributed by atoms with Gasteiger partial charge in [0.15, 0.2) is 0 Å². The monoisotopic (exact) mass is 312 g/mol. The Morgan fingerprint density at radius 1 is 1.44 bits per heavy atom. The van der Waals surface area contributed by atoms with Gasteiger partial charge in [0.2, 0.25) is 0 Å². The van der Waals surface area contributed by atoms with Crippen LogP contribution in [0.4, 0.5) is 4.79 Å².